The second-order valence-corrected chi connectivity index (χ2v) is 11.2. The number of nitrogens with two attached hydrogens (primary N) is 1. The number of anilines is 4. The number of nitrogens with one attached hydrogen (secondary N) is 3. The predicted octanol–water partition coefficient (Wildman–Crippen LogP) is 2.18. The van der Waals surface area contributed by atoms with E-state index in [0.717, 1.165) is 12.8 Å². The number of methoxy groups -OCH3 is 1. The number of halogens is 1. The zero-order valence-corrected chi connectivity index (χ0v) is 23.9. The summed E-state index contributed by atoms with van der Waals surface area (Å²) in [6, 6.07) is 7.17. The first-order valence-electron chi connectivity index (χ1n) is 13.7. The van der Waals surface area contributed by atoms with Crippen LogP contribution in [0.25, 0.3) is 5.65 Å². The van der Waals surface area contributed by atoms with Crippen molar-refractivity contribution in [1.29, 1.82) is 10.5 Å². The van der Waals surface area contributed by atoms with Gasteiger partial charge in [0.1, 0.15) is 17.7 Å². The van der Waals surface area contributed by atoms with Gasteiger partial charge in [0, 0.05) is 12.6 Å². The number of imidazole rings is 1. The Morgan fingerprint density at radius 1 is 1.21 bits per heavy atom. The predicted molar refractivity (Wildman–Crippen MR) is 154 cm³/mol. The summed E-state index contributed by atoms with van der Waals surface area (Å²) in [5.41, 5.74) is 6.87. The summed E-state index contributed by atoms with van der Waals surface area (Å²) in [6.45, 7) is 0.589. The maximum atomic E-state index is 12.7. The lowest BCUT2D eigenvalue weighted by molar-refractivity contribution is -0.153. The van der Waals surface area contributed by atoms with Crippen molar-refractivity contribution in [2.24, 2.45) is 5.73 Å². The number of piperidine rings is 1. The Morgan fingerprint density at radius 2 is 2.00 bits per heavy atom. The van der Waals surface area contributed by atoms with E-state index in [1.54, 1.807) is 12.1 Å². The molecule has 2 aliphatic carbocycles. The molecule has 43 heavy (non-hydrogen) atoms. The van der Waals surface area contributed by atoms with E-state index in [9.17, 15) is 20.1 Å². The number of nitrogens with zero attached hydrogens (tertiary/aromatic N) is 7. The highest BCUT2D eigenvalue weighted by Crippen LogP contribution is 2.39. The average molecular weight is 606 g/mol. The zero-order chi connectivity index (χ0) is 30.3. The van der Waals surface area contributed by atoms with E-state index in [0.29, 0.717) is 54.2 Å². The molecule has 2 aromatic heterocycles. The monoisotopic (exact) mass is 605 g/mol. The highest BCUT2D eigenvalue weighted by Gasteiger charge is 2.49. The molecule has 3 aromatic rings. The molecule has 0 spiro atoms. The third kappa shape index (κ3) is 5.77. The third-order valence-corrected chi connectivity index (χ3v) is 8.06. The number of esters is 1. The molecule has 0 radical (unpaired) electrons. The van der Waals surface area contributed by atoms with Crippen molar-refractivity contribution in [3.05, 3.63) is 34.6 Å². The highest BCUT2D eigenvalue weighted by atomic mass is 35.5. The second kappa shape index (κ2) is 11.1. The van der Waals surface area contributed by atoms with Crippen LogP contribution in [0.1, 0.15) is 43.4 Å². The van der Waals surface area contributed by atoms with Gasteiger partial charge in [-0.2, -0.15) is 20.0 Å². The summed E-state index contributed by atoms with van der Waals surface area (Å²) in [5, 5.41) is 33.2. The number of hydrogen-bond donors (Lipinski definition) is 4. The lowest BCUT2D eigenvalue weighted by Crippen LogP contribution is -2.57. The molecule has 3 fully saturated rings. The van der Waals surface area contributed by atoms with Gasteiger partial charge >= 0.3 is 12.1 Å². The van der Waals surface area contributed by atoms with Crippen LogP contribution in [-0.4, -0.2) is 75.6 Å². The van der Waals surface area contributed by atoms with E-state index >= 15 is 0 Å². The first-order valence-corrected chi connectivity index (χ1v) is 14.1. The number of nitriles is 2. The smallest absolute Gasteiger partial charge is 0.407 e. The Morgan fingerprint density at radius 3 is 2.67 bits per heavy atom. The minimum absolute atomic E-state index is 0.138. The first kappa shape index (κ1) is 28.3. The largest absolute Gasteiger partial charge is 0.457 e. The van der Waals surface area contributed by atoms with Crippen molar-refractivity contribution in [2.75, 3.05) is 35.7 Å². The SMILES string of the molecule is COC(=O)N[C@@H]1CCN(c2cc(C#N)cc(Nc3nc(NC4CC4)c4ncc(C#N)n4n3)c2Cl)C[C@H]1OC(=O)C1(N)CC1. The number of alkyl carbamates (subject to hydrolysis) is 1. The molecule has 0 unspecified atom stereocenters. The molecule has 3 heterocycles. The molecule has 1 aliphatic heterocycles. The van der Waals surface area contributed by atoms with Crippen LogP contribution in [0.2, 0.25) is 5.02 Å². The number of carbonyl (C=O) groups is 2. The van der Waals surface area contributed by atoms with Crippen LogP contribution < -0.4 is 26.6 Å². The molecule has 222 valence electrons. The summed E-state index contributed by atoms with van der Waals surface area (Å²) in [7, 11) is 1.26. The fourth-order valence-electron chi connectivity index (χ4n) is 4.87. The topological polar surface area (TPSA) is 209 Å². The van der Waals surface area contributed by atoms with Gasteiger partial charge in [-0.05, 0) is 44.2 Å². The van der Waals surface area contributed by atoms with Gasteiger partial charge in [-0.1, -0.05) is 11.6 Å². The molecule has 1 aromatic carbocycles. The molecule has 1 amide bonds. The van der Waals surface area contributed by atoms with Gasteiger partial charge in [0.25, 0.3) is 0 Å². The maximum Gasteiger partial charge on any atom is 0.407 e. The van der Waals surface area contributed by atoms with Crippen LogP contribution in [0, 0.1) is 22.7 Å². The Kier molecular flexibility index (Phi) is 7.29. The zero-order valence-electron chi connectivity index (χ0n) is 23.1. The summed E-state index contributed by atoms with van der Waals surface area (Å²) in [5.74, 6) is 0.0700. The minimum Gasteiger partial charge on any atom is -0.457 e. The summed E-state index contributed by atoms with van der Waals surface area (Å²) in [4.78, 5) is 35.5. The number of rotatable bonds is 8. The lowest BCUT2D eigenvalue weighted by Gasteiger charge is -2.40. The van der Waals surface area contributed by atoms with Crippen molar-refractivity contribution < 1.29 is 19.1 Å². The van der Waals surface area contributed by atoms with E-state index in [-0.39, 0.29) is 29.3 Å². The number of carbonyl (C=O) groups excluding carboxylic acids is 2. The Labute approximate surface area is 250 Å². The van der Waals surface area contributed by atoms with E-state index in [1.807, 2.05) is 4.90 Å². The molecule has 6 rings (SSSR count). The van der Waals surface area contributed by atoms with Crippen molar-refractivity contribution in [3.8, 4) is 12.1 Å². The molecule has 5 N–H and O–H groups in total. The van der Waals surface area contributed by atoms with Crippen molar-refractivity contribution in [1.82, 2.24) is 24.9 Å². The van der Waals surface area contributed by atoms with Crippen molar-refractivity contribution in [3.63, 3.8) is 0 Å². The Bertz CT molecular complexity index is 1690. The second-order valence-electron chi connectivity index (χ2n) is 10.9. The van der Waals surface area contributed by atoms with E-state index in [1.165, 1.54) is 17.8 Å². The number of aromatic nitrogens is 4. The lowest BCUT2D eigenvalue weighted by atomic mass is 10.00. The number of ether oxygens (including phenoxy) is 2. The highest BCUT2D eigenvalue weighted by molar-refractivity contribution is 6.36. The van der Waals surface area contributed by atoms with Gasteiger partial charge in [-0.25, -0.2) is 9.78 Å². The van der Waals surface area contributed by atoms with Crippen LogP contribution >= 0.6 is 11.6 Å². The summed E-state index contributed by atoms with van der Waals surface area (Å²) < 4.78 is 11.9. The van der Waals surface area contributed by atoms with Crippen LogP contribution in [0.3, 0.4) is 0 Å². The van der Waals surface area contributed by atoms with Gasteiger partial charge in [0.2, 0.25) is 5.95 Å². The maximum absolute atomic E-state index is 12.7. The molecule has 0 bridgehead atoms. The Balaban J connectivity index is 1.30. The quantitative estimate of drug-likeness (QED) is 0.272. The molecule has 3 aliphatic rings. The number of hydrogen-bond acceptors (Lipinski definition) is 13. The molecule has 2 atom stereocenters. The van der Waals surface area contributed by atoms with Crippen molar-refractivity contribution in [2.45, 2.75) is 55.8 Å². The molecular formula is C27H28ClN11O4. The average Bonchev–Trinajstić information content (AvgIpc) is 3.93. The van der Waals surface area contributed by atoms with Gasteiger partial charge in [0.05, 0.1) is 53.9 Å². The van der Waals surface area contributed by atoms with Crippen LogP contribution in [0.15, 0.2) is 18.3 Å². The van der Waals surface area contributed by atoms with Gasteiger partial charge in [-0.3, -0.25) is 4.79 Å². The van der Waals surface area contributed by atoms with Gasteiger partial charge < -0.3 is 36.1 Å². The van der Waals surface area contributed by atoms with E-state index < -0.39 is 29.7 Å². The fourth-order valence-corrected chi connectivity index (χ4v) is 5.14. The van der Waals surface area contributed by atoms with Gasteiger partial charge in [-0.15, -0.1) is 5.10 Å². The molecule has 2 saturated carbocycles. The molecule has 1 saturated heterocycles. The van der Waals surface area contributed by atoms with Crippen LogP contribution in [-0.2, 0) is 14.3 Å². The summed E-state index contributed by atoms with van der Waals surface area (Å²) >= 11 is 6.92. The van der Waals surface area contributed by atoms with Gasteiger partial charge in [0.15, 0.2) is 17.2 Å². The minimum atomic E-state index is -1.01. The molecular weight excluding hydrogens is 578 g/mol. The fraction of sp³-hybridized carbons (Fsp3) is 0.444. The molecule has 16 heteroatoms. The Hall–Kier alpha value is -4.86. The number of fused-ring (bicyclic) bond motifs is 1. The van der Waals surface area contributed by atoms with Crippen LogP contribution in [0.5, 0.6) is 0 Å². The first-order chi connectivity index (χ1) is 20.7. The van der Waals surface area contributed by atoms with Crippen molar-refractivity contribution >= 4 is 52.5 Å². The van der Waals surface area contributed by atoms with Crippen LogP contribution in [0.4, 0.5) is 27.9 Å². The standard InChI is InChI=1S/C27H28ClN11O4/c1-42-26(41)35-17-4-7-38(13-20(17)43-24(40)27(31)5-6-27)19-9-14(10-29)8-18(21(19)28)34-25-36-22(33-15-2-3-15)23-32-12-16(11-30)39(23)37-25/h8-9,12,15,17,20H,2-7,13,31H2,1H3,(H,35,41)(H2,33,34,36,37)/t17-,20-/m1/s1. The number of benzene rings is 1. The number of amides is 1. The molecule has 15 nitrogen and oxygen atoms in total. The third-order valence-electron chi connectivity index (χ3n) is 7.67. The van der Waals surface area contributed by atoms with E-state index in [4.69, 9.17) is 26.8 Å². The summed E-state index contributed by atoms with van der Waals surface area (Å²) in [6.07, 6.45) is 3.48. The normalized spacial score (nSPS) is 20.4. The van der Waals surface area contributed by atoms with E-state index in [2.05, 4.69) is 43.2 Å².